The highest BCUT2D eigenvalue weighted by atomic mass is 35.5. The van der Waals surface area contributed by atoms with Crippen LogP contribution in [0.2, 0.25) is 5.02 Å². The molecule has 6 heteroatoms. The lowest BCUT2D eigenvalue weighted by atomic mass is 9.89. The summed E-state index contributed by atoms with van der Waals surface area (Å²) in [7, 11) is 0. The third-order valence-electron chi connectivity index (χ3n) is 5.74. The van der Waals surface area contributed by atoms with E-state index in [0.717, 1.165) is 42.5 Å². The zero-order valence-corrected chi connectivity index (χ0v) is 17.1. The summed E-state index contributed by atoms with van der Waals surface area (Å²) >= 11 is 6.25. The van der Waals surface area contributed by atoms with Crippen molar-refractivity contribution in [2.75, 3.05) is 6.54 Å². The summed E-state index contributed by atoms with van der Waals surface area (Å²) in [6.07, 6.45) is 6.05. The normalized spacial score (nSPS) is 15.0. The summed E-state index contributed by atoms with van der Waals surface area (Å²) in [6, 6.07) is 12.5. The van der Waals surface area contributed by atoms with Gasteiger partial charge in [-0.2, -0.15) is 0 Å². The number of benzene rings is 2. The first-order valence-electron chi connectivity index (χ1n) is 10.3. The molecule has 1 aliphatic carbocycles. The number of aromatic nitrogens is 2. The molecule has 1 aliphatic rings. The van der Waals surface area contributed by atoms with E-state index in [1.165, 1.54) is 12.5 Å². The summed E-state index contributed by atoms with van der Waals surface area (Å²) in [6.45, 7) is 0.821. The summed E-state index contributed by atoms with van der Waals surface area (Å²) < 4.78 is 16.4. The largest absolute Gasteiger partial charge is 0.355 e. The Balaban J connectivity index is 1.53. The van der Waals surface area contributed by atoms with Gasteiger partial charge >= 0.3 is 0 Å². The van der Waals surface area contributed by atoms with E-state index in [-0.39, 0.29) is 17.6 Å². The maximum atomic E-state index is 14.4. The number of imidazole rings is 1. The van der Waals surface area contributed by atoms with Gasteiger partial charge in [0.15, 0.2) is 0 Å². The predicted molar refractivity (Wildman–Crippen MR) is 114 cm³/mol. The number of halogens is 2. The van der Waals surface area contributed by atoms with E-state index in [1.807, 2.05) is 28.8 Å². The number of nitrogens with one attached hydrogen (secondary N) is 1. The number of amides is 1. The summed E-state index contributed by atoms with van der Waals surface area (Å²) in [5, 5.41) is 3.47. The molecule has 29 heavy (non-hydrogen) atoms. The lowest BCUT2D eigenvalue weighted by Gasteiger charge is -2.20. The summed E-state index contributed by atoms with van der Waals surface area (Å²) in [4.78, 5) is 17.1. The van der Waals surface area contributed by atoms with Gasteiger partial charge in [-0.3, -0.25) is 4.79 Å². The van der Waals surface area contributed by atoms with Crippen molar-refractivity contribution in [2.24, 2.45) is 5.92 Å². The van der Waals surface area contributed by atoms with Crippen LogP contribution in [0.1, 0.15) is 43.5 Å². The van der Waals surface area contributed by atoms with Crippen molar-refractivity contribution in [3.63, 3.8) is 0 Å². The van der Waals surface area contributed by atoms with Crippen LogP contribution >= 0.6 is 11.6 Å². The molecule has 0 spiro atoms. The molecule has 152 valence electrons. The topological polar surface area (TPSA) is 46.9 Å². The molecule has 2 aromatic carbocycles. The maximum absolute atomic E-state index is 14.4. The van der Waals surface area contributed by atoms with Gasteiger partial charge in [0, 0.05) is 29.5 Å². The number of nitrogens with zero attached hydrogens (tertiary/aromatic N) is 2. The molecule has 0 radical (unpaired) electrons. The molecule has 1 N–H and O–H groups in total. The Bertz CT molecular complexity index is 990. The second-order valence-corrected chi connectivity index (χ2v) is 8.09. The Morgan fingerprint density at radius 1 is 1.14 bits per heavy atom. The number of hydrogen-bond donors (Lipinski definition) is 1. The van der Waals surface area contributed by atoms with Crippen LogP contribution < -0.4 is 5.32 Å². The van der Waals surface area contributed by atoms with Gasteiger partial charge in [0.2, 0.25) is 5.91 Å². The fraction of sp³-hybridized carbons (Fsp3) is 0.391. The highest BCUT2D eigenvalue weighted by Crippen LogP contribution is 2.25. The van der Waals surface area contributed by atoms with Crippen molar-refractivity contribution in [2.45, 2.75) is 45.1 Å². The van der Waals surface area contributed by atoms with Gasteiger partial charge in [-0.25, -0.2) is 9.37 Å². The summed E-state index contributed by atoms with van der Waals surface area (Å²) in [5.41, 5.74) is 2.24. The van der Waals surface area contributed by atoms with Crippen molar-refractivity contribution in [3.8, 4) is 0 Å². The molecule has 3 aromatic rings. The number of fused-ring (bicyclic) bond motifs is 1. The van der Waals surface area contributed by atoms with Gasteiger partial charge < -0.3 is 9.88 Å². The van der Waals surface area contributed by atoms with E-state index in [4.69, 9.17) is 16.6 Å². The molecular weight excluding hydrogens is 389 g/mol. The first-order valence-corrected chi connectivity index (χ1v) is 10.7. The van der Waals surface area contributed by atoms with E-state index < -0.39 is 0 Å². The number of carbonyl (C=O) groups is 1. The third-order valence-corrected chi connectivity index (χ3v) is 6.09. The van der Waals surface area contributed by atoms with Gasteiger partial charge in [0.25, 0.3) is 0 Å². The molecule has 0 bridgehead atoms. The molecule has 0 saturated heterocycles. The molecule has 0 atom stereocenters. The van der Waals surface area contributed by atoms with Crippen LogP contribution in [0.15, 0.2) is 42.5 Å². The molecule has 1 heterocycles. The summed E-state index contributed by atoms with van der Waals surface area (Å²) in [5.74, 6) is 0.769. The average Bonchev–Trinajstić information content (AvgIpc) is 3.08. The van der Waals surface area contributed by atoms with Gasteiger partial charge in [0.1, 0.15) is 11.6 Å². The van der Waals surface area contributed by atoms with E-state index in [1.54, 1.807) is 12.1 Å². The first-order chi connectivity index (χ1) is 14.1. The van der Waals surface area contributed by atoms with Crippen LogP contribution in [-0.4, -0.2) is 22.0 Å². The minimum atomic E-state index is -0.327. The Kier molecular flexibility index (Phi) is 6.14. The van der Waals surface area contributed by atoms with Gasteiger partial charge in [-0.1, -0.05) is 49.1 Å². The minimum absolute atomic E-state index is 0.139. The van der Waals surface area contributed by atoms with Crippen LogP contribution in [-0.2, 0) is 17.8 Å². The fourth-order valence-corrected chi connectivity index (χ4v) is 4.36. The van der Waals surface area contributed by atoms with Gasteiger partial charge in [0.05, 0.1) is 17.6 Å². The Morgan fingerprint density at radius 2 is 1.93 bits per heavy atom. The highest BCUT2D eigenvalue weighted by molar-refractivity contribution is 6.31. The molecule has 0 unspecified atom stereocenters. The highest BCUT2D eigenvalue weighted by Gasteiger charge is 2.21. The van der Waals surface area contributed by atoms with Crippen molar-refractivity contribution < 1.29 is 9.18 Å². The standard InChI is InChI=1S/C23H25ClFN3O/c24-18-9-6-10-19(25)17(18)15-28-21-12-5-4-11-20(21)27-22(28)13-14-26-23(29)16-7-2-1-3-8-16/h4-6,9-12,16H,1-3,7-8,13-15H2,(H,26,29). The van der Waals surface area contributed by atoms with Crippen molar-refractivity contribution in [1.82, 2.24) is 14.9 Å². The van der Waals surface area contributed by atoms with E-state index >= 15 is 0 Å². The zero-order chi connectivity index (χ0) is 20.2. The van der Waals surface area contributed by atoms with Crippen LogP contribution in [0.4, 0.5) is 4.39 Å². The lowest BCUT2D eigenvalue weighted by molar-refractivity contribution is -0.125. The second-order valence-electron chi connectivity index (χ2n) is 7.68. The van der Waals surface area contributed by atoms with Crippen LogP contribution in [0, 0.1) is 11.7 Å². The monoisotopic (exact) mass is 413 g/mol. The van der Waals surface area contributed by atoms with Crippen LogP contribution in [0.5, 0.6) is 0 Å². The zero-order valence-electron chi connectivity index (χ0n) is 16.3. The molecular formula is C23H25ClFN3O. The minimum Gasteiger partial charge on any atom is -0.355 e. The number of rotatable bonds is 6. The fourth-order valence-electron chi connectivity index (χ4n) is 4.14. The van der Waals surface area contributed by atoms with Crippen molar-refractivity contribution >= 4 is 28.5 Å². The number of hydrogen-bond acceptors (Lipinski definition) is 2. The Morgan fingerprint density at radius 3 is 2.72 bits per heavy atom. The van der Waals surface area contributed by atoms with E-state index in [2.05, 4.69) is 5.32 Å². The third kappa shape index (κ3) is 4.45. The SMILES string of the molecule is O=C(NCCc1nc2ccccc2n1Cc1c(F)cccc1Cl)C1CCCCC1. The van der Waals surface area contributed by atoms with Gasteiger partial charge in [-0.15, -0.1) is 0 Å². The smallest absolute Gasteiger partial charge is 0.223 e. The Hall–Kier alpha value is -2.40. The van der Waals surface area contributed by atoms with E-state index in [9.17, 15) is 9.18 Å². The lowest BCUT2D eigenvalue weighted by Crippen LogP contribution is -2.33. The molecule has 1 amide bonds. The van der Waals surface area contributed by atoms with Crippen LogP contribution in [0.3, 0.4) is 0 Å². The predicted octanol–water partition coefficient (Wildman–Crippen LogP) is 5.12. The number of para-hydroxylation sites is 2. The first kappa shape index (κ1) is 19.9. The molecule has 0 aliphatic heterocycles. The molecule has 1 fully saturated rings. The molecule has 1 aromatic heterocycles. The number of carbonyl (C=O) groups excluding carboxylic acids is 1. The van der Waals surface area contributed by atoms with E-state index in [0.29, 0.717) is 30.1 Å². The Labute approximate surface area is 175 Å². The maximum Gasteiger partial charge on any atom is 0.223 e. The quantitative estimate of drug-likeness (QED) is 0.610. The molecule has 4 nitrogen and oxygen atoms in total. The van der Waals surface area contributed by atoms with Gasteiger partial charge in [-0.05, 0) is 37.1 Å². The average molecular weight is 414 g/mol. The molecule has 4 rings (SSSR count). The molecule has 1 saturated carbocycles. The van der Waals surface area contributed by atoms with Crippen LogP contribution in [0.25, 0.3) is 11.0 Å². The van der Waals surface area contributed by atoms with Crippen molar-refractivity contribution in [1.29, 1.82) is 0 Å². The second kappa shape index (κ2) is 8.95. The van der Waals surface area contributed by atoms with Crippen molar-refractivity contribution in [3.05, 3.63) is 64.7 Å².